The number of nitrogens with zero attached hydrogens (tertiary/aromatic N) is 1. The fourth-order valence-electron chi connectivity index (χ4n) is 3.73. The Bertz CT molecular complexity index is 622. The first kappa shape index (κ1) is 18.7. The van der Waals surface area contributed by atoms with E-state index in [1.807, 2.05) is 25.1 Å². The average molecular weight is 358 g/mol. The number of anilines is 2. The second-order valence-electron chi connectivity index (χ2n) is 7.45. The normalized spacial score (nSPS) is 21.3. The van der Waals surface area contributed by atoms with E-state index in [0.717, 1.165) is 50.4 Å². The molecule has 2 saturated heterocycles. The van der Waals surface area contributed by atoms with Crippen LogP contribution in [0.25, 0.3) is 0 Å². The largest absolute Gasteiger partial charge is 0.371 e. The third-order valence-electron chi connectivity index (χ3n) is 5.15. The molecule has 0 spiro atoms. The Morgan fingerprint density at radius 1 is 1.27 bits per heavy atom. The Morgan fingerprint density at radius 3 is 2.81 bits per heavy atom. The van der Waals surface area contributed by atoms with Crippen LogP contribution in [0.15, 0.2) is 24.3 Å². The van der Waals surface area contributed by atoms with Crippen molar-refractivity contribution in [3.8, 4) is 0 Å². The van der Waals surface area contributed by atoms with Gasteiger partial charge in [-0.05, 0) is 57.4 Å². The Morgan fingerprint density at radius 2 is 2.08 bits per heavy atom. The highest BCUT2D eigenvalue weighted by atomic mass is 16.2. The van der Waals surface area contributed by atoms with Crippen LogP contribution in [-0.4, -0.2) is 44.0 Å². The number of nitrogens with one attached hydrogen (secondary N) is 3. The van der Waals surface area contributed by atoms with Crippen molar-refractivity contribution < 1.29 is 9.59 Å². The molecule has 6 nitrogen and oxygen atoms in total. The average Bonchev–Trinajstić information content (AvgIpc) is 3.17. The molecule has 3 rings (SSSR count). The molecule has 2 heterocycles. The van der Waals surface area contributed by atoms with Gasteiger partial charge in [0.1, 0.15) is 0 Å². The minimum absolute atomic E-state index is 0.0198. The summed E-state index contributed by atoms with van der Waals surface area (Å²) in [5.74, 6) is -0.00178. The molecule has 2 aliphatic rings. The minimum Gasteiger partial charge on any atom is -0.371 e. The van der Waals surface area contributed by atoms with Crippen molar-refractivity contribution in [1.29, 1.82) is 0 Å². The number of carbonyl (C=O) groups excluding carboxylic acids is 2. The number of carbonyl (C=O) groups is 2. The van der Waals surface area contributed by atoms with Crippen molar-refractivity contribution in [2.75, 3.05) is 36.4 Å². The Labute approximate surface area is 155 Å². The number of amides is 2. The zero-order valence-corrected chi connectivity index (χ0v) is 15.6. The summed E-state index contributed by atoms with van der Waals surface area (Å²) in [6.07, 6.45) is 4.68. The summed E-state index contributed by atoms with van der Waals surface area (Å²) in [4.78, 5) is 26.9. The summed E-state index contributed by atoms with van der Waals surface area (Å²) >= 11 is 0. The summed E-state index contributed by atoms with van der Waals surface area (Å²) in [6, 6.07) is 7.83. The van der Waals surface area contributed by atoms with Crippen LogP contribution in [0.2, 0.25) is 0 Å². The summed E-state index contributed by atoms with van der Waals surface area (Å²) in [6.45, 7) is 5.76. The highest BCUT2D eigenvalue weighted by molar-refractivity contribution is 5.92. The van der Waals surface area contributed by atoms with Crippen LogP contribution >= 0.6 is 0 Å². The lowest BCUT2D eigenvalue weighted by molar-refractivity contribution is -0.126. The minimum atomic E-state index is -0.175. The number of piperidine rings is 1. The van der Waals surface area contributed by atoms with Crippen LogP contribution in [0.4, 0.5) is 11.4 Å². The van der Waals surface area contributed by atoms with Gasteiger partial charge >= 0.3 is 0 Å². The van der Waals surface area contributed by atoms with Crippen molar-refractivity contribution in [3.63, 3.8) is 0 Å². The van der Waals surface area contributed by atoms with Crippen LogP contribution in [0.1, 0.15) is 39.0 Å². The van der Waals surface area contributed by atoms with Crippen LogP contribution < -0.4 is 20.9 Å². The van der Waals surface area contributed by atoms with E-state index in [9.17, 15) is 9.59 Å². The van der Waals surface area contributed by atoms with E-state index < -0.39 is 0 Å². The maximum absolute atomic E-state index is 12.3. The van der Waals surface area contributed by atoms with Gasteiger partial charge in [-0.15, -0.1) is 0 Å². The second-order valence-corrected chi connectivity index (χ2v) is 7.45. The Hall–Kier alpha value is -2.08. The summed E-state index contributed by atoms with van der Waals surface area (Å²) in [5, 5.41) is 9.18. The molecular formula is C20H30N4O2. The Kier molecular flexibility index (Phi) is 6.50. The number of hydrogen-bond acceptors (Lipinski definition) is 4. The van der Waals surface area contributed by atoms with Gasteiger partial charge in [0, 0.05) is 43.5 Å². The first-order valence-electron chi connectivity index (χ1n) is 9.78. The predicted octanol–water partition coefficient (Wildman–Crippen LogP) is 2.12. The van der Waals surface area contributed by atoms with Crippen molar-refractivity contribution in [3.05, 3.63) is 24.3 Å². The molecule has 2 aliphatic heterocycles. The van der Waals surface area contributed by atoms with Gasteiger partial charge < -0.3 is 20.9 Å². The van der Waals surface area contributed by atoms with Crippen LogP contribution in [-0.2, 0) is 9.59 Å². The maximum Gasteiger partial charge on any atom is 0.226 e. The molecular weight excluding hydrogens is 328 g/mol. The van der Waals surface area contributed by atoms with E-state index in [0.29, 0.717) is 0 Å². The van der Waals surface area contributed by atoms with Gasteiger partial charge in [0.25, 0.3) is 0 Å². The molecule has 0 aromatic heterocycles. The predicted molar refractivity (Wildman–Crippen MR) is 104 cm³/mol. The molecule has 1 aromatic carbocycles. The van der Waals surface area contributed by atoms with Crippen molar-refractivity contribution in [2.24, 2.45) is 5.92 Å². The number of rotatable bonds is 6. The van der Waals surface area contributed by atoms with E-state index in [4.69, 9.17) is 0 Å². The molecule has 2 atom stereocenters. The van der Waals surface area contributed by atoms with Gasteiger partial charge in [0.2, 0.25) is 11.8 Å². The fraction of sp³-hybridized carbons (Fsp3) is 0.600. The lowest BCUT2D eigenvalue weighted by atomic mass is 9.98. The molecule has 26 heavy (non-hydrogen) atoms. The van der Waals surface area contributed by atoms with Crippen LogP contribution in [0.5, 0.6) is 0 Å². The van der Waals surface area contributed by atoms with Gasteiger partial charge in [-0.3, -0.25) is 9.59 Å². The third kappa shape index (κ3) is 5.21. The molecule has 0 radical (unpaired) electrons. The van der Waals surface area contributed by atoms with Gasteiger partial charge in [0.15, 0.2) is 0 Å². The van der Waals surface area contributed by atoms with E-state index >= 15 is 0 Å². The smallest absolute Gasteiger partial charge is 0.226 e. The molecule has 6 heteroatoms. The lowest BCUT2D eigenvalue weighted by Crippen LogP contribution is -2.44. The highest BCUT2D eigenvalue weighted by Gasteiger charge is 2.22. The van der Waals surface area contributed by atoms with Crippen molar-refractivity contribution in [2.45, 2.75) is 45.1 Å². The van der Waals surface area contributed by atoms with E-state index in [1.54, 1.807) is 0 Å². The highest BCUT2D eigenvalue weighted by Crippen LogP contribution is 2.23. The molecule has 0 aliphatic carbocycles. The van der Waals surface area contributed by atoms with E-state index in [1.165, 1.54) is 12.8 Å². The standard InChI is InChI=1S/C20H30N4O2/c1-15(22-20(26)16-6-5-9-21-14-16)12-19(25)23-17-7-4-8-18(13-17)24-10-2-3-11-24/h4,7-8,13,15-16,21H,2-3,5-6,9-12,14H2,1H3,(H,22,26)(H,23,25). The SMILES string of the molecule is CC(CC(=O)Nc1cccc(N2CCCC2)c1)NC(=O)C1CCCNC1. The summed E-state index contributed by atoms with van der Waals surface area (Å²) in [7, 11) is 0. The maximum atomic E-state index is 12.3. The zero-order valence-electron chi connectivity index (χ0n) is 15.6. The van der Waals surface area contributed by atoms with Gasteiger partial charge in [-0.2, -0.15) is 0 Å². The van der Waals surface area contributed by atoms with E-state index in [-0.39, 0.29) is 30.2 Å². The van der Waals surface area contributed by atoms with Crippen molar-refractivity contribution in [1.82, 2.24) is 10.6 Å². The fourth-order valence-corrected chi connectivity index (χ4v) is 3.73. The summed E-state index contributed by atoms with van der Waals surface area (Å²) in [5.41, 5.74) is 1.97. The van der Waals surface area contributed by atoms with Crippen LogP contribution in [0, 0.1) is 5.92 Å². The molecule has 2 unspecified atom stereocenters. The third-order valence-corrected chi connectivity index (χ3v) is 5.15. The molecule has 1 aromatic rings. The first-order valence-corrected chi connectivity index (χ1v) is 9.78. The first-order chi connectivity index (χ1) is 12.6. The Balaban J connectivity index is 1.47. The summed E-state index contributed by atoms with van der Waals surface area (Å²) < 4.78 is 0. The zero-order chi connectivity index (χ0) is 18.4. The van der Waals surface area contributed by atoms with Gasteiger partial charge in [-0.25, -0.2) is 0 Å². The molecule has 142 valence electrons. The topological polar surface area (TPSA) is 73.5 Å². The lowest BCUT2D eigenvalue weighted by Gasteiger charge is -2.24. The van der Waals surface area contributed by atoms with Gasteiger partial charge in [-0.1, -0.05) is 6.07 Å². The molecule has 0 bridgehead atoms. The van der Waals surface area contributed by atoms with Crippen molar-refractivity contribution >= 4 is 23.2 Å². The number of benzene rings is 1. The molecule has 2 fully saturated rings. The molecule has 3 N–H and O–H groups in total. The van der Waals surface area contributed by atoms with Gasteiger partial charge in [0.05, 0.1) is 5.92 Å². The van der Waals surface area contributed by atoms with Crippen LogP contribution in [0.3, 0.4) is 0 Å². The van der Waals surface area contributed by atoms with E-state index in [2.05, 4.69) is 26.9 Å². The second kappa shape index (κ2) is 9.03. The quantitative estimate of drug-likeness (QED) is 0.728. The number of hydrogen-bond donors (Lipinski definition) is 3. The molecule has 2 amide bonds. The monoisotopic (exact) mass is 358 g/mol. The molecule has 0 saturated carbocycles.